The maximum Gasteiger partial charge on any atom is 0.0653 e. The molecular weight excluding hydrogens is 208 g/mol. The third-order valence-electron chi connectivity index (χ3n) is 6.27. The molecule has 0 aromatic rings. The molecule has 3 rings (SSSR count). The minimum absolute atomic E-state index is 0.304. The molecular formula is C16H28O. The van der Waals surface area contributed by atoms with Crippen molar-refractivity contribution in [3.8, 4) is 0 Å². The molecule has 6 atom stereocenters. The van der Waals surface area contributed by atoms with Gasteiger partial charge in [0, 0.05) is 0 Å². The molecule has 3 fully saturated rings. The minimum Gasteiger partial charge on any atom is -0.390 e. The average Bonchev–Trinajstić information content (AvgIpc) is 2.85. The monoisotopic (exact) mass is 236 g/mol. The summed E-state index contributed by atoms with van der Waals surface area (Å²) in [5.41, 5.74) is -0.304. The summed E-state index contributed by atoms with van der Waals surface area (Å²) >= 11 is 0. The summed E-state index contributed by atoms with van der Waals surface area (Å²) in [4.78, 5) is 0. The standard InChI is InChI=1S/C16H28O/c1-11-5-6-16(17,9-12(11)2)10-15-8-13-3-4-14(15)7-13/h11-15,17H,3-10H2,1-2H3. The van der Waals surface area contributed by atoms with E-state index in [0.717, 1.165) is 42.9 Å². The molecule has 1 N–H and O–H groups in total. The lowest BCUT2D eigenvalue weighted by molar-refractivity contribution is -0.0515. The summed E-state index contributed by atoms with van der Waals surface area (Å²) in [5.74, 6) is 4.38. The highest BCUT2D eigenvalue weighted by molar-refractivity contribution is 4.96. The van der Waals surface area contributed by atoms with E-state index in [2.05, 4.69) is 13.8 Å². The van der Waals surface area contributed by atoms with Crippen LogP contribution in [0.5, 0.6) is 0 Å². The largest absolute Gasteiger partial charge is 0.390 e. The van der Waals surface area contributed by atoms with Crippen molar-refractivity contribution in [3.05, 3.63) is 0 Å². The Kier molecular flexibility index (Phi) is 3.01. The van der Waals surface area contributed by atoms with Crippen LogP contribution in [0.2, 0.25) is 0 Å². The normalized spacial score (nSPS) is 54.2. The van der Waals surface area contributed by atoms with Gasteiger partial charge in [-0.05, 0) is 74.5 Å². The minimum atomic E-state index is -0.304. The molecule has 1 nitrogen and oxygen atoms in total. The zero-order valence-corrected chi connectivity index (χ0v) is 11.5. The Labute approximate surface area is 106 Å². The van der Waals surface area contributed by atoms with Crippen LogP contribution in [0.1, 0.15) is 65.2 Å². The average molecular weight is 236 g/mol. The fraction of sp³-hybridized carbons (Fsp3) is 1.00. The molecule has 98 valence electrons. The SMILES string of the molecule is CC1CCC(O)(CC2CC3CCC2C3)CC1C. The molecule has 6 unspecified atom stereocenters. The summed E-state index contributed by atoms with van der Waals surface area (Å²) < 4.78 is 0. The van der Waals surface area contributed by atoms with Crippen LogP contribution in [-0.2, 0) is 0 Å². The molecule has 17 heavy (non-hydrogen) atoms. The van der Waals surface area contributed by atoms with Crippen LogP contribution in [0.3, 0.4) is 0 Å². The van der Waals surface area contributed by atoms with Crippen LogP contribution in [-0.4, -0.2) is 10.7 Å². The van der Waals surface area contributed by atoms with Crippen molar-refractivity contribution in [1.82, 2.24) is 0 Å². The van der Waals surface area contributed by atoms with Crippen LogP contribution in [0, 0.1) is 29.6 Å². The summed E-state index contributed by atoms with van der Waals surface area (Å²) in [6, 6.07) is 0. The number of aliphatic hydroxyl groups is 1. The van der Waals surface area contributed by atoms with Gasteiger partial charge >= 0.3 is 0 Å². The lowest BCUT2D eigenvalue weighted by Gasteiger charge is -2.41. The summed E-state index contributed by atoms with van der Waals surface area (Å²) in [7, 11) is 0. The van der Waals surface area contributed by atoms with E-state index >= 15 is 0 Å². The Bertz CT molecular complexity index is 287. The third kappa shape index (κ3) is 2.28. The fourth-order valence-corrected chi connectivity index (χ4v) is 4.98. The number of rotatable bonds is 2. The molecule has 0 aromatic carbocycles. The van der Waals surface area contributed by atoms with E-state index in [1.54, 1.807) is 0 Å². The van der Waals surface area contributed by atoms with Crippen LogP contribution in [0.4, 0.5) is 0 Å². The van der Waals surface area contributed by atoms with E-state index in [0.29, 0.717) is 5.92 Å². The van der Waals surface area contributed by atoms with E-state index in [1.165, 1.54) is 32.1 Å². The van der Waals surface area contributed by atoms with Crippen molar-refractivity contribution in [3.63, 3.8) is 0 Å². The fourth-order valence-electron chi connectivity index (χ4n) is 4.98. The molecule has 0 amide bonds. The van der Waals surface area contributed by atoms with Gasteiger partial charge in [0.1, 0.15) is 0 Å². The van der Waals surface area contributed by atoms with Crippen LogP contribution < -0.4 is 0 Å². The van der Waals surface area contributed by atoms with Crippen molar-refractivity contribution < 1.29 is 5.11 Å². The van der Waals surface area contributed by atoms with Crippen molar-refractivity contribution in [2.75, 3.05) is 0 Å². The zero-order valence-electron chi connectivity index (χ0n) is 11.5. The predicted octanol–water partition coefficient (Wildman–Crippen LogP) is 4.00. The van der Waals surface area contributed by atoms with Gasteiger partial charge in [-0.3, -0.25) is 0 Å². The highest BCUT2D eigenvalue weighted by atomic mass is 16.3. The van der Waals surface area contributed by atoms with Gasteiger partial charge in [-0.2, -0.15) is 0 Å². The number of fused-ring (bicyclic) bond motifs is 2. The molecule has 1 heteroatoms. The van der Waals surface area contributed by atoms with Gasteiger partial charge in [-0.15, -0.1) is 0 Å². The first-order valence-electron chi connectivity index (χ1n) is 7.78. The number of hydrogen-bond acceptors (Lipinski definition) is 1. The van der Waals surface area contributed by atoms with Crippen LogP contribution >= 0.6 is 0 Å². The van der Waals surface area contributed by atoms with Crippen molar-refractivity contribution in [2.24, 2.45) is 29.6 Å². The van der Waals surface area contributed by atoms with Gasteiger partial charge in [0.05, 0.1) is 5.60 Å². The molecule has 0 spiro atoms. The zero-order chi connectivity index (χ0) is 12.0. The Morgan fingerprint density at radius 1 is 1.06 bits per heavy atom. The van der Waals surface area contributed by atoms with Crippen LogP contribution in [0.25, 0.3) is 0 Å². The topological polar surface area (TPSA) is 20.2 Å². The summed E-state index contributed by atoms with van der Waals surface area (Å²) in [6.45, 7) is 4.68. The van der Waals surface area contributed by atoms with E-state index in [1.807, 2.05) is 0 Å². The molecule has 0 saturated heterocycles. The Morgan fingerprint density at radius 2 is 1.88 bits per heavy atom. The van der Waals surface area contributed by atoms with Gasteiger partial charge in [-0.25, -0.2) is 0 Å². The van der Waals surface area contributed by atoms with E-state index in [-0.39, 0.29) is 5.60 Å². The predicted molar refractivity (Wildman–Crippen MR) is 70.7 cm³/mol. The van der Waals surface area contributed by atoms with E-state index in [9.17, 15) is 5.11 Å². The van der Waals surface area contributed by atoms with E-state index in [4.69, 9.17) is 0 Å². The maximum absolute atomic E-state index is 10.8. The molecule has 3 aliphatic rings. The van der Waals surface area contributed by atoms with Crippen LogP contribution in [0.15, 0.2) is 0 Å². The Balaban J connectivity index is 1.61. The van der Waals surface area contributed by atoms with Crippen molar-refractivity contribution in [1.29, 1.82) is 0 Å². The van der Waals surface area contributed by atoms with Gasteiger partial charge in [0.15, 0.2) is 0 Å². The smallest absolute Gasteiger partial charge is 0.0653 e. The molecule has 3 saturated carbocycles. The first kappa shape index (κ1) is 12.0. The van der Waals surface area contributed by atoms with Gasteiger partial charge < -0.3 is 5.11 Å². The molecule has 0 aliphatic heterocycles. The van der Waals surface area contributed by atoms with E-state index < -0.39 is 0 Å². The lowest BCUT2D eigenvalue weighted by Crippen LogP contribution is -2.40. The first-order valence-corrected chi connectivity index (χ1v) is 7.78. The maximum atomic E-state index is 10.8. The molecule has 0 radical (unpaired) electrons. The second kappa shape index (κ2) is 4.26. The molecule has 0 heterocycles. The number of hydrogen-bond donors (Lipinski definition) is 1. The van der Waals surface area contributed by atoms with Crippen molar-refractivity contribution in [2.45, 2.75) is 70.8 Å². The third-order valence-corrected chi connectivity index (χ3v) is 6.27. The highest BCUT2D eigenvalue weighted by Crippen LogP contribution is 2.52. The van der Waals surface area contributed by atoms with Crippen molar-refractivity contribution >= 4 is 0 Å². The van der Waals surface area contributed by atoms with Gasteiger partial charge in [0.25, 0.3) is 0 Å². The molecule has 2 bridgehead atoms. The highest BCUT2D eigenvalue weighted by Gasteiger charge is 2.44. The summed E-state index contributed by atoms with van der Waals surface area (Å²) in [6.07, 6.45) is 10.3. The quantitative estimate of drug-likeness (QED) is 0.768. The lowest BCUT2D eigenvalue weighted by atomic mass is 9.68. The molecule has 3 aliphatic carbocycles. The first-order chi connectivity index (χ1) is 8.06. The van der Waals surface area contributed by atoms with Gasteiger partial charge in [0.2, 0.25) is 0 Å². The second-order valence-corrected chi connectivity index (χ2v) is 7.56. The summed E-state index contributed by atoms with van der Waals surface area (Å²) in [5, 5.41) is 10.8. The van der Waals surface area contributed by atoms with Gasteiger partial charge in [-0.1, -0.05) is 20.3 Å². The second-order valence-electron chi connectivity index (χ2n) is 7.56. The molecule has 0 aromatic heterocycles. The Morgan fingerprint density at radius 3 is 2.47 bits per heavy atom. The Hall–Kier alpha value is -0.0400.